The molecule has 1 aromatic rings. The largest absolute Gasteiger partial charge is 0.388 e. The third-order valence-corrected chi connectivity index (χ3v) is 5.89. The molecule has 1 nitrogen and oxygen atoms in total. The fourth-order valence-electron chi connectivity index (χ4n) is 4.33. The fourth-order valence-corrected chi connectivity index (χ4v) is 4.33. The molecule has 1 atom stereocenters. The maximum atomic E-state index is 10.9. The maximum absolute atomic E-state index is 10.9. The predicted octanol–water partition coefficient (Wildman–Crippen LogP) is 5.59. The van der Waals surface area contributed by atoms with E-state index in [0.717, 1.165) is 5.92 Å². The lowest BCUT2D eigenvalue weighted by Gasteiger charge is -2.34. The predicted molar refractivity (Wildman–Crippen MR) is 88.3 cm³/mol. The first-order valence-corrected chi connectivity index (χ1v) is 9.06. The van der Waals surface area contributed by atoms with E-state index < -0.39 is 0 Å². The van der Waals surface area contributed by atoms with Crippen molar-refractivity contribution in [3.63, 3.8) is 0 Å². The van der Waals surface area contributed by atoms with Crippen LogP contribution in [0.2, 0.25) is 0 Å². The van der Waals surface area contributed by atoms with Crippen LogP contribution in [0.4, 0.5) is 0 Å². The van der Waals surface area contributed by atoms with Crippen molar-refractivity contribution in [2.45, 2.75) is 76.7 Å². The van der Waals surface area contributed by atoms with E-state index in [2.05, 4.69) is 31.2 Å². The van der Waals surface area contributed by atoms with E-state index in [1.807, 2.05) is 0 Å². The van der Waals surface area contributed by atoms with Gasteiger partial charge in [0.1, 0.15) is 0 Å². The smallest absolute Gasteiger partial charge is 0.0820 e. The number of benzene rings is 1. The molecule has 0 aliphatic heterocycles. The first kappa shape index (κ1) is 15.1. The van der Waals surface area contributed by atoms with Crippen LogP contribution in [0.3, 0.4) is 0 Å². The van der Waals surface area contributed by atoms with Crippen LogP contribution >= 0.6 is 0 Å². The summed E-state index contributed by atoms with van der Waals surface area (Å²) in [5.41, 5.74) is 2.67. The van der Waals surface area contributed by atoms with Crippen LogP contribution in [0.1, 0.15) is 87.9 Å². The van der Waals surface area contributed by atoms with E-state index in [1.165, 1.54) is 68.9 Å². The van der Waals surface area contributed by atoms with E-state index in [0.29, 0.717) is 11.8 Å². The molecule has 2 saturated carbocycles. The van der Waals surface area contributed by atoms with Gasteiger partial charge in [0.2, 0.25) is 0 Å². The Labute approximate surface area is 129 Å². The standard InChI is InChI=1S/C20H30O/c1-2-6-15-11-13-17(14-12-15)20(21)19-10-4-3-9-18(19)16-7-5-8-16/h3-4,9-10,15-17,20-21H,2,5-8,11-14H2,1H3. The average Bonchev–Trinajstić information content (AvgIpc) is 2.47. The van der Waals surface area contributed by atoms with Crippen molar-refractivity contribution in [1.29, 1.82) is 0 Å². The highest BCUT2D eigenvalue weighted by Crippen LogP contribution is 2.43. The van der Waals surface area contributed by atoms with E-state index in [1.54, 1.807) is 0 Å². The second kappa shape index (κ2) is 6.96. The Balaban J connectivity index is 1.67. The molecule has 1 aromatic carbocycles. The zero-order valence-electron chi connectivity index (χ0n) is 13.4. The van der Waals surface area contributed by atoms with Crippen LogP contribution in [0.5, 0.6) is 0 Å². The first-order valence-electron chi connectivity index (χ1n) is 9.06. The van der Waals surface area contributed by atoms with Crippen molar-refractivity contribution >= 4 is 0 Å². The van der Waals surface area contributed by atoms with Crippen molar-refractivity contribution < 1.29 is 5.11 Å². The molecule has 1 N–H and O–H groups in total. The summed E-state index contributed by atoms with van der Waals surface area (Å²) in [4.78, 5) is 0. The van der Waals surface area contributed by atoms with Gasteiger partial charge in [-0.25, -0.2) is 0 Å². The monoisotopic (exact) mass is 286 g/mol. The third kappa shape index (κ3) is 3.34. The maximum Gasteiger partial charge on any atom is 0.0820 e. The van der Waals surface area contributed by atoms with Crippen molar-refractivity contribution in [3.8, 4) is 0 Å². The van der Waals surface area contributed by atoms with Gasteiger partial charge in [0.25, 0.3) is 0 Å². The van der Waals surface area contributed by atoms with Gasteiger partial charge in [0.05, 0.1) is 6.10 Å². The molecule has 0 bridgehead atoms. The molecule has 0 heterocycles. The summed E-state index contributed by atoms with van der Waals surface area (Å²) < 4.78 is 0. The molecule has 0 saturated heterocycles. The van der Waals surface area contributed by atoms with Crippen molar-refractivity contribution in [1.82, 2.24) is 0 Å². The third-order valence-electron chi connectivity index (χ3n) is 5.89. The van der Waals surface area contributed by atoms with Gasteiger partial charge >= 0.3 is 0 Å². The molecule has 2 aliphatic rings. The van der Waals surface area contributed by atoms with Crippen LogP contribution < -0.4 is 0 Å². The van der Waals surface area contributed by atoms with Crippen LogP contribution in [-0.2, 0) is 0 Å². The summed E-state index contributed by atoms with van der Waals surface area (Å²) in [6, 6.07) is 8.67. The molecule has 3 rings (SSSR count). The Morgan fingerprint density at radius 2 is 1.76 bits per heavy atom. The molecule has 1 heteroatoms. The topological polar surface area (TPSA) is 20.2 Å². The molecule has 116 valence electrons. The SMILES string of the molecule is CCCC1CCC(C(O)c2ccccc2C2CCC2)CC1. The highest BCUT2D eigenvalue weighted by atomic mass is 16.3. The van der Waals surface area contributed by atoms with E-state index >= 15 is 0 Å². The van der Waals surface area contributed by atoms with Gasteiger partial charge in [-0.15, -0.1) is 0 Å². The Bertz CT molecular complexity index is 441. The summed E-state index contributed by atoms with van der Waals surface area (Å²) >= 11 is 0. The van der Waals surface area contributed by atoms with Crippen molar-refractivity contribution in [2.75, 3.05) is 0 Å². The van der Waals surface area contributed by atoms with Gasteiger partial charge in [-0.2, -0.15) is 0 Å². The minimum atomic E-state index is -0.232. The van der Waals surface area contributed by atoms with Gasteiger partial charge in [0, 0.05) is 0 Å². The van der Waals surface area contributed by atoms with E-state index in [-0.39, 0.29) is 6.10 Å². The quantitative estimate of drug-likeness (QED) is 0.747. The number of rotatable bonds is 5. The minimum Gasteiger partial charge on any atom is -0.388 e. The molecule has 2 fully saturated rings. The lowest BCUT2D eigenvalue weighted by Crippen LogP contribution is -2.22. The molecule has 21 heavy (non-hydrogen) atoms. The molecule has 0 radical (unpaired) electrons. The van der Waals surface area contributed by atoms with Crippen LogP contribution in [0.25, 0.3) is 0 Å². The number of aliphatic hydroxyl groups excluding tert-OH is 1. The van der Waals surface area contributed by atoms with Crippen molar-refractivity contribution in [3.05, 3.63) is 35.4 Å². The minimum absolute atomic E-state index is 0.232. The summed E-state index contributed by atoms with van der Waals surface area (Å²) in [6.07, 6.45) is 11.5. The lowest BCUT2D eigenvalue weighted by atomic mass is 9.73. The summed E-state index contributed by atoms with van der Waals surface area (Å²) in [5.74, 6) is 2.12. The Morgan fingerprint density at radius 1 is 1.05 bits per heavy atom. The average molecular weight is 286 g/mol. The zero-order valence-corrected chi connectivity index (χ0v) is 13.4. The van der Waals surface area contributed by atoms with Gasteiger partial charge in [0.15, 0.2) is 0 Å². The molecule has 0 amide bonds. The summed E-state index contributed by atoms with van der Waals surface area (Å²) in [7, 11) is 0. The highest BCUT2D eigenvalue weighted by molar-refractivity contribution is 5.33. The normalized spacial score (nSPS) is 28.1. The number of aliphatic hydroxyl groups is 1. The molecular weight excluding hydrogens is 256 g/mol. The highest BCUT2D eigenvalue weighted by Gasteiger charge is 2.30. The van der Waals surface area contributed by atoms with Crippen LogP contribution in [0, 0.1) is 11.8 Å². The van der Waals surface area contributed by atoms with E-state index in [9.17, 15) is 5.11 Å². The second-order valence-corrected chi connectivity index (χ2v) is 7.27. The second-order valence-electron chi connectivity index (χ2n) is 7.27. The van der Waals surface area contributed by atoms with Gasteiger partial charge in [-0.05, 0) is 54.6 Å². The fraction of sp³-hybridized carbons (Fsp3) is 0.700. The van der Waals surface area contributed by atoms with Gasteiger partial charge in [-0.3, -0.25) is 0 Å². The molecule has 1 unspecified atom stereocenters. The molecule has 0 spiro atoms. The first-order chi connectivity index (χ1) is 10.3. The molecule has 0 aromatic heterocycles. The Kier molecular flexibility index (Phi) is 5.00. The van der Waals surface area contributed by atoms with Crippen LogP contribution in [-0.4, -0.2) is 5.11 Å². The van der Waals surface area contributed by atoms with Crippen LogP contribution in [0.15, 0.2) is 24.3 Å². The lowest BCUT2D eigenvalue weighted by molar-refractivity contribution is 0.0708. The Morgan fingerprint density at radius 3 is 2.38 bits per heavy atom. The molecule has 2 aliphatic carbocycles. The Hall–Kier alpha value is -0.820. The number of hydrogen-bond donors (Lipinski definition) is 1. The van der Waals surface area contributed by atoms with Gasteiger partial charge in [-0.1, -0.05) is 63.3 Å². The number of hydrogen-bond acceptors (Lipinski definition) is 1. The zero-order chi connectivity index (χ0) is 14.7. The van der Waals surface area contributed by atoms with Gasteiger partial charge < -0.3 is 5.11 Å². The van der Waals surface area contributed by atoms with E-state index in [4.69, 9.17) is 0 Å². The van der Waals surface area contributed by atoms with Crippen molar-refractivity contribution in [2.24, 2.45) is 11.8 Å². The molecular formula is C20H30O. The summed E-state index contributed by atoms with van der Waals surface area (Å²) in [5, 5.41) is 10.9. The summed E-state index contributed by atoms with van der Waals surface area (Å²) in [6.45, 7) is 2.29.